The highest BCUT2D eigenvalue weighted by molar-refractivity contribution is 6.30. The summed E-state index contributed by atoms with van der Waals surface area (Å²) in [5.41, 5.74) is 1.31. The number of urea groups is 1. The maximum absolute atomic E-state index is 12.3. The van der Waals surface area contributed by atoms with Crippen LogP contribution < -0.4 is 15.4 Å². The first kappa shape index (κ1) is 17.9. The van der Waals surface area contributed by atoms with Gasteiger partial charge in [0.1, 0.15) is 5.75 Å². The van der Waals surface area contributed by atoms with E-state index in [0.29, 0.717) is 16.5 Å². The van der Waals surface area contributed by atoms with Gasteiger partial charge in [-0.05, 0) is 29.7 Å². The summed E-state index contributed by atoms with van der Waals surface area (Å²) >= 11 is 5.93. The molecule has 4 rings (SSSR count). The molecule has 0 fully saturated rings. The Kier molecular flexibility index (Phi) is 5.12. The Balaban J connectivity index is 1.37. The minimum Gasteiger partial charge on any atom is -0.471 e. The average molecular weight is 393 g/mol. The normalized spacial score (nSPS) is 10.6. The minimum absolute atomic E-state index is 0.201. The van der Waals surface area contributed by atoms with Gasteiger partial charge >= 0.3 is 6.03 Å². The molecule has 2 amide bonds. The van der Waals surface area contributed by atoms with Crippen molar-refractivity contribution >= 4 is 39.8 Å². The number of fused-ring (bicyclic) bond motifs is 1. The lowest BCUT2D eigenvalue weighted by Crippen LogP contribution is -2.19. The molecule has 1 heterocycles. The lowest BCUT2D eigenvalue weighted by molar-refractivity contribution is 0.221. The zero-order chi connectivity index (χ0) is 19.3. The minimum atomic E-state index is -0.341. The number of carbonyl (C=O) groups excluding carboxylic acids is 1. The van der Waals surface area contributed by atoms with Gasteiger partial charge in [-0.2, -0.15) is 5.10 Å². The van der Waals surface area contributed by atoms with Crippen LogP contribution in [0.1, 0.15) is 0 Å². The van der Waals surface area contributed by atoms with Crippen LogP contribution >= 0.6 is 11.6 Å². The highest BCUT2D eigenvalue weighted by atomic mass is 35.5. The molecule has 0 aliphatic carbocycles. The summed E-state index contributed by atoms with van der Waals surface area (Å²) in [6.07, 6.45) is 3.25. The van der Waals surface area contributed by atoms with Crippen LogP contribution in [0.4, 0.5) is 16.2 Å². The van der Waals surface area contributed by atoms with E-state index in [-0.39, 0.29) is 12.8 Å². The maximum Gasteiger partial charge on any atom is 0.323 e. The molecule has 0 saturated heterocycles. The Hall–Kier alpha value is -3.51. The Bertz CT molecular complexity index is 1120. The summed E-state index contributed by atoms with van der Waals surface area (Å²) in [7, 11) is 0. The first-order valence-electron chi connectivity index (χ1n) is 8.64. The molecule has 3 aromatic carbocycles. The number of carbonyl (C=O) groups is 1. The Labute approximate surface area is 166 Å². The van der Waals surface area contributed by atoms with E-state index in [1.54, 1.807) is 29.2 Å². The standard InChI is InChI=1S/C21H17ClN4O2/c22-16-7-4-8-18(11-16)28-14-26-13-17(12-23-26)24-21(27)25-20-10-3-6-15-5-1-2-9-19(15)20/h1-13H,14H2,(H2,24,25,27). The first-order chi connectivity index (χ1) is 13.7. The van der Waals surface area contributed by atoms with Crippen LogP contribution in [0.2, 0.25) is 5.02 Å². The Morgan fingerprint density at radius 1 is 1.04 bits per heavy atom. The highest BCUT2D eigenvalue weighted by Crippen LogP contribution is 2.23. The average Bonchev–Trinajstić information content (AvgIpc) is 3.14. The van der Waals surface area contributed by atoms with Crippen molar-refractivity contribution < 1.29 is 9.53 Å². The fraction of sp³-hybridized carbons (Fsp3) is 0.0476. The van der Waals surface area contributed by atoms with E-state index in [0.717, 1.165) is 16.5 Å². The van der Waals surface area contributed by atoms with Gasteiger partial charge in [0, 0.05) is 10.4 Å². The number of amides is 2. The molecule has 0 radical (unpaired) electrons. The third kappa shape index (κ3) is 4.24. The quantitative estimate of drug-likeness (QED) is 0.479. The molecule has 0 atom stereocenters. The molecule has 28 heavy (non-hydrogen) atoms. The van der Waals surface area contributed by atoms with Crippen LogP contribution in [-0.4, -0.2) is 15.8 Å². The number of hydrogen-bond acceptors (Lipinski definition) is 3. The van der Waals surface area contributed by atoms with Crippen LogP contribution in [0.15, 0.2) is 79.1 Å². The predicted molar refractivity (Wildman–Crippen MR) is 111 cm³/mol. The van der Waals surface area contributed by atoms with Gasteiger partial charge in [-0.3, -0.25) is 0 Å². The number of ether oxygens (including phenoxy) is 1. The molecule has 140 valence electrons. The lowest BCUT2D eigenvalue weighted by atomic mass is 10.1. The van der Waals surface area contributed by atoms with E-state index in [2.05, 4.69) is 15.7 Å². The van der Waals surface area contributed by atoms with Crippen molar-refractivity contribution in [2.75, 3.05) is 10.6 Å². The van der Waals surface area contributed by atoms with Gasteiger partial charge in [0.15, 0.2) is 6.73 Å². The van der Waals surface area contributed by atoms with Crippen molar-refractivity contribution in [2.24, 2.45) is 0 Å². The summed E-state index contributed by atoms with van der Waals surface area (Å²) in [4.78, 5) is 12.3. The topological polar surface area (TPSA) is 68.2 Å². The van der Waals surface area contributed by atoms with Crippen molar-refractivity contribution in [3.05, 3.63) is 84.1 Å². The summed E-state index contributed by atoms with van der Waals surface area (Å²) in [6, 6.07) is 20.4. The molecule has 7 heteroatoms. The molecular weight excluding hydrogens is 376 g/mol. The number of rotatable bonds is 5. The molecule has 0 aliphatic rings. The molecule has 0 saturated carbocycles. The van der Waals surface area contributed by atoms with Gasteiger partial charge in [-0.25, -0.2) is 9.48 Å². The largest absolute Gasteiger partial charge is 0.471 e. The second kappa shape index (κ2) is 8.02. The molecular formula is C21H17ClN4O2. The van der Waals surface area contributed by atoms with Gasteiger partial charge < -0.3 is 15.4 Å². The van der Waals surface area contributed by atoms with Crippen LogP contribution in [0.5, 0.6) is 5.75 Å². The van der Waals surface area contributed by atoms with Gasteiger partial charge in [-0.1, -0.05) is 54.1 Å². The number of benzene rings is 3. The Morgan fingerprint density at radius 3 is 2.75 bits per heavy atom. The fourth-order valence-electron chi connectivity index (χ4n) is 2.82. The number of nitrogens with one attached hydrogen (secondary N) is 2. The zero-order valence-corrected chi connectivity index (χ0v) is 15.6. The second-order valence-corrected chi connectivity index (χ2v) is 6.54. The summed E-state index contributed by atoms with van der Waals surface area (Å²) < 4.78 is 7.20. The van der Waals surface area contributed by atoms with Gasteiger partial charge in [0.25, 0.3) is 0 Å². The molecule has 4 aromatic rings. The van der Waals surface area contributed by atoms with Crippen molar-refractivity contribution in [2.45, 2.75) is 6.73 Å². The fourth-order valence-corrected chi connectivity index (χ4v) is 3.00. The van der Waals surface area contributed by atoms with Crippen molar-refractivity contribution in [1.29, 1.82) is 0 Å². The van der Waals surface area contributed by atoms with Crippen molar-refractivity contribution in [1.82, 2.24) is 9.78 Å². The molecule has 0 spiro atoms. The maximum atomic E-state index is 12.3. The monoisotopic (exact) mass is 392 g/mol. The third-order valence-corrected chi connectivity index (χ3v) is 4.32. The third-order valence-electron chi connectivity index (χ3n) is 4.09. The summed E-state index contributed by atoms with van der Waals surface area (Å²) in [6.45, 7) is 0.201. The molecule has 0 unspecified atom stereocenters. The van der Waals surface area contributed by atoms with Gasteiger partial charge in [-0.15, -0.1) is 0 Å². The van der Waals surface area contributed by atoms with Crippen LogP contribution in [0, 0.1) is 0 Å². The molecule has 1 aromatic heterocycles. The van der Waals surface area contributed by atoms with Crippen LogP contribution in [0.25, 0.3) is 10.8 Å². The summed E-state index contributed by atoms with van der Waals surface area (Å²) in [5, 5.41) is 12.5. The number of halogens is 1. The molecule has 0 aliphatic heterocycles. The van der Waals surface area contributed by atoms with E-state index in [1.165, 1.54) is 0 Å². The molecule has 6 nitrogen and oxygen atoms in total. The molecule has 2 N–H and O–H groups in total. The van der Waals surface area contributed by atoms with E-state index in [1.807, 2.05) is 54.6 Å². The van der Waals surface area contributed by atoms with E-state index in [4.69, 9.17) is 16.3 Å². The van der Waals surface area contributed by atoms with Crippen LogP contribution in [-0.2, 0) is 6.73 Å². The smallest absolute Gasteiger partial charge is 0.323 e. The van der Waals surface area contributed by atoms with E-state index in [9.17, 15) is 4.79 Å². The Morgan fingerprint density at radius 2 is 1.86 bits per heavy atom. The van der Waals surface area contributed by atoms with E-state index < -0.39 is 0 Å². The first-order valence-corrected chi connectivity index (χ1v) is 9.02. The summed E-state index contributed by atoms with van der Waals surface area (Å²) in [5.74, 6) is 0.645. The van der Waals surface area contributed by atoms with Gasteiger partial charge in [0.05, 0.1) is 23.8 Å². The van der Waals surface area contributed by atoms with Gasteiger partial charge in [0.2, 0.25) is 0 Å². The van der Waals surface area contributed by atoms with E-state index >= 15 is 0 Å². The predicted octanol–water partition coefficient (Wildman–Crippen LogP) is 5.37. The van der Waals surface area contributed by atoms with Crippen molar-refractivity contribution in [3.63, 3.8) is 0 Å². The highest BCUT2D eigenvalue weighted by Gasteiger charge is 2.07. The second-order valence-electron chi connectivity index (χ2n) is 6.11. The van der Waals surface area contributed by atoms with Crippen LogP contribution in [0.3, 0.4) is 0 Å². The number of nitrogens with zero attached hydrogens (tertiary/aromatic N) is 2. The SMILES string of the molecule is O=C(Nc1cnn(COc2cccc(Cl)c2)c1)Nc1cccc2ccccc12. The number of aromatic nitrogens is 2. The zero-order valence-electron chi connectivity index (χ0n) is 14.8. The molecule has 0 bridgehead atoms. The number of hydrogen-bond donors (Lipinski definition) is 2. The number of anilines is 2. The lowest BCUT2D eigenvalue weighted by Gasteiger charge is -2.09. The van der Waals surface area contributed by atoms with Crippen molar-refractivity contribution in [3.8, 4) is 5.75 Å².